The summed E-state index contributed by atoms with van der Waals surface area (Å²) in [6.45, 7) is 0.224. The molecule has 3 nitrogen and oxygen atoms in total. The molecule has 0 rings (SSSR count). The van der Waals surface area contributed by atoms with Crippen molar-refractivity contribution in [2.75, 3.05) is 25.2 Å². The minimum absolute atomic E-state index is 0.0406. The molecule has 0 fully saturated rings. The summed E-state index contributed by atoms with van der Waals surface area (Å²) in [6.07, 6.45) is 0.845. The number of nitrogens with one attached hydrogen (secondary N) is 1. The summed E-state index contributed by atoms with van der Waals surface area (Å²) < 4.78 is 0. The number of rotatable bonds is 6. The Morgan fingerprint density at radius 1 is 1.64 bits per heavy atom. The Morgan fingerprint density at radius 2 is 2.36 bits per heavy atom. The van der Waals surface area contributed by atoms with Crippen molar-refractivity contribution in [3.05, 3.63) is 0 Å². The highest BCUT2D eigenvalue weighted by Crippen LogP contribution is 2.03. The Bertz CT molecular complexity index is 124. The van der Waals surface area contributed by atoms with Crippen molar-refractivity contribution in [3.8, 4) is 6.07 Å². The zero-order chi connectivity index (χ0) is 8.53. The standard InChI is InChI=1S/C7H14N2OS/c1-9-7(6-8)2-4-11-5-3-10/h7,9-10H,2-5H2,1H3. The molecule has 0 aliphatic rings. The number of hydrogen-bond acceptors (Lipinski definition) is 4. The van der Waals surface area contributed by atoms with Crippen LogP contribution in [0.3, 0.4) is 0 Å². The number of nitriles is 1. The van der Waals surface area contributed by atoms with Gasteiger partial charge in [0, 0.05) is 5.75 Å². The first-order valence-corrected chi connectivity index (χ1v) is 4.76. The average molecular weight is 174 g/mol. The third kappa shape index (κ3) is 6.17. The van der Waals surface area contributed by atoms with Gasteiger partial charge in [-0.2, -0.15) is 17.0 Å². The van der Waals surface area contributed by atoms with Crippen molar-refractivity contribution in [2.24, 2.45) is 0 Å². The highest BCUT2D eigenvalue weighted by atomic mass is 32.2. The van der Waals surface area contributed by atoms with Crippen molar-refractivity contribution in [2.45, 2.75) is 12.5 Å². The van der Waals surface area contributed by atoms with Crippen LogP contribution in [0.1, 0.15) is 6.42 Å². The monoisotopic (exact) mass is 174 g/mol. The molecule has 0 saturated heterocycles. The summed E-state index contributed by atoms with van der Waals surface area (Å²) in [7, 11) is 1.78. The van der Waals surface area contributed by atoms with Crippen LogP contribution in [0, 0.1) is 11.3 Å². The number of thioether (sulfide) groups is 1. The van der Waals surface area contributed by atoms with Gasteiger partial charge in [-0.15, -0.1) is 0 Å². The zero-order valence-electron chi connectivity index (χ0n) is 6.71. The van der Waals surface area contributed by atoms with Crippen LogP contribution in [0.2, 0.25) is 0 Å². The Kier molecular flexibility index (Phi) is 7.69. The molecule has 64 valence electrons. The zero-order valence-corrected chi connectivity index (χ0v) is 7.52. The first kappa shape index (κ1) is 10.8. The fourth-order valence-electron chi connectivity index (χ4n) is 0.641. The first-order valence-electron chi connectivity index (χ1n) is 3.60. The SMILES string of the molecule is CNC(C#N)CCSCCO. The van der Waals surface area contributed by atoms with Gasteiger partial charge in [0.15, 0.2) is 0 Å². The molecule has 0 aromatic carbocycles. The average Bonchev–Trinajstić information content (AvgIpc) is 2.05. The smallest absolute Gasteiger partial charge is 0.0958 e. The van der Waals surface area contributed by atoms with Gasteiger partial charge in [-0.3, -0.25) is 0 Å². The minimum Gasteiger partial charge on any atom is -0.396 e. The van der Waals surface area contributed by atoms with E-state index in [0.717, 1.165) is 17.9 Å². The van der Waals surface area contributed by atoms with Crippen molar-refractivity contribution >= 4 is 11.8 Å². The van der Waals surface area contributed by atoms with Crippen LogP contribution < -0.4 is 5.32 Å². The molecule has 0 aromatic heterocycles. The summed E-state index contributed by atoms with van der Waals surface area (Å²) >= 11 is 1.67. The van der Waals surface area contributed by atoms with Gasteiger partial charge in [-0.25, -0.2) is 0 Å². The maximum absolute atomic E-state index is 8.51. The van der Waals surface area contributed by atoms with E-state index in [0.29, 0.717) is 0 Å². The topological polar surface area (TPSA) is 56.0 Å². The maximum atomic E-state index is 8.51. The molecule has 0 aromatic rings. The summed E-state index contributed by atoms with van der Waals surface area (Å²) in [5.41, 5.74) is 0. The fourth-order valence-corrected chi connectivity index (χ4v) is 1.38. The van der Waals surface area contributed by atoms with Gasteiger partial charge < -0.3 is 10.4 Å². The highest BCUT2D eigenvalue weighted by molar-refractivity contribution is 7.99. The predicted octanol–water partition coefficient (Wildman–Crippen LogP) is 0.214. The molecule has 1 unspecified atom stereocenters. The molecular weight excluding hydrogens is 160 g/mol. The van der Waals surface area contributed by atoms with Crippen LogP contribution >= 0.6 is 11.8 Å². The van der Waals surface area contributed by atoms with Crippen LogP contribution in [0.15, 0.2) is 0 Å². The second-order valence-corrected chi connectivity index (χ2v) is 3.32. The van der Waals surface area contributed by atoms with Gasteiger partial charge in [0.2, 0.25) is 0 Å². The first-order chi connectivity index (χ1) is 5.35. The van der Waals surface area contributed by atoms with E-state index >= 15 is 0 Å². The summed E-state index contributed by atoms with van der Waals surface area (Å²) in [5, 5.41) is 19.8. The van der Waals surface area contributed by atoms with Crippen LogP contribution in [0.25, 0.3) is 0 Å². The number of nitrogens with zero attached hydrogens (tertiary/aromatic N) is 1. The fraction of sp³-hybridized carbons (Fsp3) is 0.857. The molecular formula is C7H14N2OS. The molecule has 0 heterocycles. The van der Waals surface area contributed by atoms with Crippen LogP contribution in [-0.2, 0) is 0 Å². The van der Waals surface area contributed by atoms with Crippen LogP contribution in [0.5, 0.6) is 0 Å². The third-order valence-electron chi connectivity index (χ3n) is 1.29. The molecule has 0 amide bonds. The molecule has 0 saturated carbocycles. The Hall–Kier alpha value is -0.240. The second kappa shape index (κ2) is 7.86. The molecule has 0 aliphatic heterocycles. The number of hydrogen-bond donors (Lipinski definition) is 2. The largest absolute Gasteiger partial charge is 0.396 e. The van der Waals surface area contributed by atoms with Gasteiger partial charge >= 0.3 is 0 Å². The normalized spacial score (nSPS) is 12.5. The van der Waals surface area contributed by atoms with Gasteiger partial charge in [0.05, 0.1) is 18.7 Å². The van der Waals surface area contributed by atoms with Gasteiger partial charge in [-0.05, 0) is 19.2 Å². The lowest BCUT2D eigenvalue weighted by Gasteiger charge is -2.05. The van der Waals surface area contributed by atoms with Crippen LogP contribution in [-0.4, -0.2) is 36.3 Å². The Labute approximate surface area is 71.8 Å². The van der Waals surface area contributed by atoms with Crippen molar-refractivity contribution < 1.29 is 5.11 Å². The lowest BCUT2D eigenvalue weighted by molar-refractivity contribution is 0.322. The quantitative estimate of drug-likeness (QED) is 0.565. The van der Waals surface area contributed by atoms with Crippen molar-refractivity contribution in [1.82, 2.24) is 5.32 Å². The second-order valence-electron chi connectivity index (χ2n) is 2.10. The molecule has 11 heavy (non-hydrogen) atoms. The summed E-state index contributed by atoms with van der Waals surface area (Å²) in [4.78, 5) is 0. The van der Waals surface area contributed by atoms with E-state index in [1.807, 2.05) is 0 Å². The lowest BCUT2D eigenvalue weighted by Crippen LogP contribution is -2.23. The van der Waals surface area contributed by atoms with Gasteiger partial charge in [0.1, 0.15) is 0 Å². The van der Waals surface area contributed by atoms with Crippen LogP contribution in [0.4, 0.5) is 0 Å². The van der Waals surface area contributed by atoms with Crippen molar-refractivity contribution in [1.29, 1.82) is 5.26 Å². The third-order valence-corrected chi connectivity index (χ3v) is 2.29. The Morgan fingerprint density at radius 3 is 2.82 bits per heavy atom. The molecule has 4 heteroatoms. The van der Waals surface area contributed by atoms with Gasteiger partial charge in [0.25, 0.3) is 0 Å². The number of aliphatic hydroxyl groups excluding tert-OH is 1. The maximum Gasteiger partial charge on any atom is 0.0958 e. The highest BCUT2D eigenvalue weighted by Gasteiger charge is 2.01. The Balaban J connectivity index is 3.16. The van der Waals surface area contributed by atoms with E-state index in [1.165, 1.54) is 0 Å². The molecule has 0 bridgehead atoms. The van der Waals surface area contributed by atoms with E-state index in [1.54, 1.807) is 18.8 Å². The van der Waals surface area contributed by atoms with E-state index in [9.17, 15) is 0 Å². The van der Waals surface area contributed by atoms with E-state index in [4.69, 9.17) is 10.4 Å². The van der Waals surface area contributed by atoms with Crippen molar-refractivity contribution in [3.63, 3.8) is 0 Å². The molecule has 0 spiro atoms. The predicted molar refractivity (Wildman–Crippen MR) is 47.5 cm³/mol. The molecule has 0 aliphatic carbocycles. The molecule has 1 atom stereocenters. The van der Waals surface area contributed by atoms with E-state index < -0.39 is 0 Å². The lowest BCUT2D eigenvalue weighted by atomic mass is 10.3. The molecule has 2 N–H and O–H groups in total. The summed E-state index contributed by atoms with van der Waals surface area (Å²) in [5.74, 6) is 1.70. The number of aliphatic hydroxyl groups is 1. The minimum atomic E-state index is -0.0406. The van der Waals surface area contributed by atoms with E-state index in [-0.39, 0.29) is 12.6 Å². The van der Waals surface area contributed by atoms with E-state index in [2.05, 4.69) is 11.4 Å². The van der Waals surface area contributed by atoms with Gasteiger partial charge in [-0.1, -0.05) is 0 Å². The molecule has 0 radical (unpaired) electrons. The summed E-state index contributed by atoms with van der Waals surface area (Å²) in [6, 6.07) is 2.10.